The van der Waals surface area contributed by atoms with E-state index in [1.807, 2.05) is 23.1 Å². The van der Waals surface area contributed by atoms with Crippen LogP contribution in [0.3, 0.4) is 0 Å². The molecule has 22 heavy (non-hydrogen) atoms. The minimum atomic E-state index is 0. The molecule has 0 saturated heterocycles. The Balaban J connectivity index is 0.00000441. The zero-order valence-electron chi connectivity index (χ0n) is 14.5. The molecule has 128 valence electrons. The van der Waals surface area contributed by atoms with Crippen LogP contribution in [0.25, 0.3) is 0 Å². The van der Waals surface area contributed by atoms with Gasteiger partial charge in [0.2, 0.25) is 0 Å². The Hall–Kier alpha value is -0.830. The van der Waals surface area contributed by atoms with Gasteiger partial charge in [-0.15, -0.1) is 24.0 Å². The predicted molar refractivity (Wildman–Crippen MR) is 104 cm³/mol. The first-order valence-corrected chi connectivity index (χ1v) is 7.62. The van der Waals surface area contributed by atoms with Crippen molar-refractivity contribution in [2.75, 3.05) is 33.7 Å². The van der Waals surface area contributed by atoms with E-state index in [-0.39, 0.29) is 29.5 Å². The van der Waals surface area contributed by atoms with Gasteiger partial charge in [-0.3, -0.25) is 9.67 Å². The van der Waals surface area contributed by atoms with Crippen LogP contribution in [0.5, 0.6) is 0 Å². The Morgan fingerprint density at radius 2 is 2.05 bits per heavy atom. The van der Waals surface area contributed by atoms with Gasteiger partial charge in [-0.05, 0) is 47.4 Å². The molecule has 1 heterocycles. The standard InChI is InChI=1S/C15H30N6.HI/c1-6-16-14(18-13-15(2,3)20(4)5)17-9-7-11-21-12-8-10-19-21;/h8,10,12H,6-7,9,11,13H2,1-5H3,(H2,16,17,18);1H. The van der Waals surface area contributed by atoms with Crippen molar-refractivity contribution in [1.29, 1.82) is 0 Å². The number of guanidine groups is 1. The topological polar surface area (TPSA) is 57.5 Å². The number of nitrogens with one attached hydrogen (secondary N) is 2. The zero-order valence-corrected chi connectivity index (χ0v) is 16.8. The highest BCUT2D eigenvalue weighted by Crippen LogP contribution is 2.09. The highest BCUT2D eigenvalue weighted by molar-refractivity contribution is 14.0. The maximum atomic E-state index is 4.67. The number of likely N-dealkylation sites (N-methyl/N-ethyl adjacent to an activating group) is 1. The lowest BCUT2D eigenvalue weighted by Gasteiger charge is -2.31. The summed E-state index contributed by atoms with van der Waals surface area (Å²) in [5.74, 6) is 0.882. The number of aryl methyl sites for hydroxylation is 1. The Bertz CT molecular complexity index is 414. The summed E-state index contributed by atoms with van der Waals surface area (Å²) in [6, 6.07) is 1.95. The van der Waals surface area contributed by atoms with Crippen LogP contribution in [0.4, 0.5) is 0 Å². The summed E-state index contributed by atoms with van der Waals surface area (Å²) >= 11 is 0. The van der Waals surface area contributed by atoms with Crippen molar-refractivity contribution in [2.45, 2.75) is 39.3 Å². The van der Waals surface area contributed by atoms with E-state index in [0.717, 1.165) is 38.6 Å². The zero-order chi connectivity index (χ0) is 15.7. The molecule has 2 N–H and O–H groups in total. The van der Waals surface area contributed by atoms with Crippen molar-refractivity contribution >= 4 is 29.9 Å². The van der Waals surface area contributed by atoms with E-state index in [0.29, 0.717) is 0 Å². The molecule has 1 rings (SSSR count). The largest absolute Gasteiger partial charge is 0.357 e. The molecule has 0 aliphatic carbocycles. The first-order valence-electron chi connectivity index (χ1n) is 7.62. The number of halogens is 1. The van der Waals surface area contributed by atoms with Crippen LogP contribution < -0.4 is 10.6 Å². The highest BCUT2D eigenvalue weighted by Gasteiger charge is 2.19. The van der Waals surface area contributed by atoms with Crippen LogP contribution in [0.2, 0.25) is 0 Å². The quantitative estimate of drug-likeness (QED) is 0.290. The second-order valence-electron chi connectivity index (χ2n) is 5.95. The molecule has 1 aromatic heterocycles. The third kappa shape index (κ3) is 7.98. The number of hydrogen-bond acceptors (Lipinski definition) is 3. The van der Waals surface area contributed by atoms with Gasteiger partial charge in [0, 0.05) is 37.6 Å². The molecule has 0 bridgehead atoms. The lowest BCUT2D eigenvalue weighted by Crippen LogP contribution is -2.44. The Morgan fingerprint density at radius 1 is 1.32 bits per heavy atom. The fraction of sp³-hybridized carbons (Fsp3) is 0.733. The van der Waals surface area contributed by atoms with E-state index in [4.69, 9.17) is 0 Å². The number of nitrogens with zero attached hydrogens (tertiary/aromatic N) is 4. The molecule has 0 amide bonds. The number of rotatable bonds is 8. The molecule has 6 nitrogen and oxygen atoms in total. The first-order chi connectivity index (χ1) is 9.95. The van der Waals surface area contributed by atoms with Gasteiger partial charge >= 0.3 is 0 Å². The van der Waals surface area contributed by atoms with Crippen molar-refractivity contribution in [2.24, 2.45) is 4.99 Å². The van der Waals surface area contributed by atoms with Gasteiger partial charge < -0.3 is 15.5 Å². The molecule has 0 saturated carbocycles. The average Bonchev–Trinajstić information content (AvgIpc) is 2.93. The van der Waals surface area contributed by atoms with Gasteiger partial charge in [0.25, 0.3) is 0 Å². The highest BCUT2D eigenvalue weighted by atomic mass is 127. The summed E-state index contributed by atoms with van der Waals surface area (Å²) in [6.07, 6.45) is 4.81. The molecule has 1 aromatic rings. The molecular weight excluding hydrogens is 391 g/mol. The van der Waals surface area contributed by atoms with Gasteiger partial charge in [0.05, 0.1) is 6.54 Å². The molecule has 0 atom stereocenters. The molecular formula is C15H31IN6. The van der Waals surface area contributed by atoms with Crippen LogP contribution >= 0.6 is 24.0 Å². The molecule has 0 aromatic carbocycles. The summed E-state index contributed by atoms with van der Waals surface area (Å²) in [4.78, 5) is 6.86. The molecule has 0 aliphatic rings. The van der Waals surface area contributed by atoms with Gasteiger partial charge in [-0.2, -0.15) is 5.10 Å². The number of aromatic nitrogens is 2. The van der Waals surface area contributed by atoms with Crippen LogP contribution in [-0.2, 0) is 6.54 Å². The maximum absolute atomic E-state index is 4.67. The van der Waals surface area contributed by atoms with E-state index in [1.54, 1.807) is 0 Å². The predicted octanol–water partition coefficient (Wildman–Crippen LogP) is 1.79. The van der Waals surface area contributed by atoms with Crippen LogP contribution in [0.15, 0.2) is 23.5 Å². The van der Waals surface area contributed by atoms with Crippen molar-refractivity contribution < 1.29 is 0 Å². The third-order valence-electron chi connectivity index (χ3n) is 3.59. The second kappa shape index (κ2) is 10.8. The van der Waals surface area contributed by atoms with Crippen LogP contribution in [0, 0.1) is 0 Å². The normalized spacial score (nSPS) is 12.2. The van der Waals surface area contributed by atoms with Crippen molar-refractivity contribution in [3.63, 3.8) is 0 Å². The maximum Gasteiger partial charge on any atom is 0.191 e. The smallest absolute Gasteiger partial charge is 0.191 e. The Morgan fingerprint density at radius 3 is 2.59 bits per heavy atom. The first kappa shape index (κ1) is 21.2. The van der Waals surface area contributed by atoms with Crippen molar-refractivity contribution in [3.8, 4) is 0 Å². The lowest BCUT2D eigenvalue weighted by atomic mass is 10.1. The van der Waals surface area contributed by atoms with E-state index >= 15 is 0 Å². The molecule has 0 spiro atoms. The molecule has 0 aliphatic heterocycles. The molecule has 0 fully saturated rings. The van der Waals surface area contributed by atoms with Gasteiger partial charge in [0.1, 0.15) is 0 Å². The Labute approximate surface area is 151 Å². The number of hydrogen-bond donors (Lipinski definition) is 2. The summed E-state index contributed by atoms with van der Waals surface area (Å²) in [7, 11) is 4.17. The summed E-state index contributed by atoms with van der Waals surface area (Å²) < 4.78 is 1.95. The van der Waals surface area contributed by atoms with E-state index < -0.39 is 0 Å². The van der Waals surface area contributed by atoms with Gasteiger partial charge in [-0.25, -0.2) is 0 Å². The van der Waals surface area contributed by atoms with Crippen LogP contribution in [-0.4, -0.2) is 59.9 Å². The molecule has 0 unspecified atom stereocenters. The van der Waals surface area contributed by atoms with E-state index in [9.17, 15) is 0 Å². The Kier molecular flexibility index (Phi) is 10.4. The monoisotopic (exact) mass is 422 g/mol. The van der Waals surface area contributed by atoms with E-state index in [1.165, 1.54) is 0 Å². The van der Waals surface area contributed by atoms with Gasteiger partial charge in [0.15, 0.2) is 5.96 Å². The summed E-state index contributed by atoms with van der Waals surface area (Å²) in [5, 5.41) is 10.9. The SMILES string of the molecule is CCNC(=NCC(C)(C)N(C)C)NCCCn1cccn1.I. The molecule has 7 heteroatoms. The third-order valence-corrected chi connectivity index (χ3v) is 3.59. The van der Waals surface area contributed by atoms with E-state index in [2.05, 4.69) is 60.5 Å². The minimum Gasteiger partial charge on any atom is -0.357 e. The fourth-order valence-electron chi connectivity index (χ4n) is 1.64. The number of aliphatic imine (C=N–C) groups is 1. The molecule has 0 radical (unpaired) electrons. The minimum absolute atomic E-state index is 0. The average molecular weight is 422 g/mol. The van der Waals surface area contributed by atoms with Gasteiger partial charge in [-0.1, -0.05) is 0 Å². The summed E-state index contributed by atoms with van der Waals surface area (Å²) in [6.45, 7) is 9.89. The summed E-state index contributed by atoms with van der Waals surface area (Å²) in [5.41, 5.74) is 0.0530. The second-order valence-corrected chi connectivity index (χ2v) is 5.95. The fourth-order valence-corrected chi connectivity index (χ4v) is 1.64. The van der Waals surface area contributed by atoms with Crippen molar-refractivity contribution in [1.82, 2.24) is 25.3 Å². The van der Waals surface area contributed by atoms with Crippen molar-refractivity contribution in [3.05, 3.63) is 18.5 Å². The lowest BCUT2D eigenvalue weighted by molar-refractivity contribution is 0.204. The van der Waals surface area contributed by atoms with Crippen LogP contribution in [0.1, 0.15) is 27.2 Å².